The number of hydrogen-bond donors (Lipinski definition) is 2. The van der Waals surface area contributed by atoms with E-state index in [1.807, 2.05) is 42.5 Å². The van der Waals surface area contributed by atoms with Crippen LogP contribution in [0.4, 0.5) is 11.4 Å². The second-order valence-corrected chi connectivity index (χ2v) is 6.70. The molecule has 0 aliphatic carbocycles. The molecule has 0 atom stereocenters. The number of carbonyl (C=O) groups excluding carboxylic acids is 2. The minimum absolute atomic E-state index is 0.272. The number of nitrogens with one attached hydrogen (secondary N) is 2. The fourth-order valence-electron chi connectivity index (χ4n) is 3.01. The molecule has 1 heterocycles. The maximum absolute atomic E-state index is 12.5. The van der Waals surface area contributed by atoms with Gasteiger partial charge in [0.25, 0.3) is 11.8 Å². The molecule has 0 bridgehead atoms. The van der Waals surface area contributed by atoms with Gasteiger partial charge in [0.1, 0.15) is 5.75 Å². The minimum atomic E-state index is -0.284. The first kappa shape index (κ1) is 19.9. The Hall–Kier alpha value is -4.39. The van der Waals surface area contributed by atoms with Gasteiger partial charge in [-0.05, 0) is 48.5 Å². The largest absolute Gasteiger partial charge is 0.495 e. The lowest BCUT2D eigenvalue weighted by atomic mass is 10.1. The maximum atomic E-state index is 12.5. The van der Waals surface area contributed by atoms with Gasteiger partial charge in [0.2, 0.25) is 0 Å². The molecule has 7 heteroatoms. The van der Waals surface area contributed by atoms with E-state index in [-0.39, 0.29) is 11.8 Å². The van der Waals surface area contributed by atoms with Crippen LogP contribution >= 0.6 is 0 Å². The van der Waals surface area contributed by atoms with Gasteiger partial charge in [-0.25, -0.2) is 4.68 Å². The standard InChI is InChI=1S/C24H20N4O3/c1-31-22-10-6-5-9-21(22)27-23(29)17-11-13-19(14-12-17)26-24(30)18-15-25-28(16-18)20-7-3-2-4-8-20/h2-16H,1H3,(H,26,30)(H,27,29). The lowest BCUT2D eigenvalue weighted by Crippen LogP contribution is -2.14. The summed E-state index contributed by atoms with van der Waals surface area (Å²) in [5, 5.41) is 9.87. The summed E-state index contributed by atoms with van der Waals surface area (Å²) in [6, 6.07) is 23.4. The molecule has 0 aliphatic rings. The van der Waals surface area contributed by atoms with E-state index >= 15 is 0 Å². The third kappa shape index (κ3) is 4.62. The summed E-state index contributed by atoms with van der Waals surface area (Å²) in [5.74, 6) is 0.0238. The second-order valence-electron chi connectivity index (χ2n) is 6.70. The third-order valence-corrected chi connectivity index (χ3v) is 4.63. The van der Waals surface area contributed by atoms with Gasteiger partial charge in [0, 0.05) is 17.4 Å². The van der Waals surface area contributed by atoms with Crippen LogP contribution in [0.2, 0.25) is 0 Å². The Bertz CT molecular complexity index is 1200. The van der Waals surface area contributed by atoms with Gasteiger partial charge in [-0.15, -0.1) is 0 Å². The smallest absolute Gasteiger partial charge is 0.258 e. The van der Waals surface area contributed by atoms with Crippen molar-refractivity contribution in [2.24, 2.45) is 0 Å². The zero-order valence-electron chi connectivity index (χ0n) is 16.8. The van der Waals surface area contributed by atoms with Crippen LogP contribution in [0.1, 0.15) is 20.7 Å². The van der Waals surface area contributed by atoms with Crippen molar-refractivity contribution in [1.29, 1.82) is 0 Å². The Kier molecular flexibility index (Phi) is 5.75. The molecule has 1 aromatic heterocycles. The number of methoxy groups -OCH3 is 1. The van der Waals surface area contributed by atoms with Gasteiger partial charge < -0.3 is 15.4 Å². The Balaban J connectivity index is 1.41. The molecule has 4 rings (SSSR count). The molecule has 31 heavy (non-hydrogen) atoms. The lowest BCUT2D eigenvalue weighted by Gasteiger charge is -2.10. The summed E-state index contributed by atoms with van der Waals surface area (Å²) >= 11 is 0. The molecule has 3 aromatic carbocycles. The molecule has 154 valence electrons. The van der Waals surface area contributed by atoms with E-state index in [4.69, 9.17) is 4.74 Å². The number of hydrogen-bond acceptors (Lipinski definition) is 4. The minimum Gasteiger partial charge on any atom is -0.495 e. The number of nitrogens with zero attached hydrogens (tertiary/aromatic N) is 2. The SMILES string of the molecule is COc1ccccc1NC(=O)c1ccc(NC(=O)c2cnn(-c3ccccc3)c2)cc1. The number of amides is 2. The van der Waals surface area contributed by atoms with Crippen molar-refractivity contribution < 1.29 is 14.3 Å². The molecule has 4 aromatic rings. The summed E-state index contributed by atoms with van der Waals surface area (Å²) < 4.78 is 6.89. The number of benzene rings is 3. The van der Waals surface area contributed by atoms with Gasteiger partial charge in [-0.3, -0.25) is 9.59 Å². The van der Waals surface area contributed by atoms with Crippen LogP contribution in [-0.4, -0.2) is 28.7 Å². The summed E-state index contributed by atoms with van der Waals surface area (Å²) in [7, 11) is 1.55. The van der Waals surface area contributed by atoms with Gasteiger partial charge in [0.15, 0.2) is 0 Å². The number of aromatic nitrogens is 2. The van der Waals surface area contributed by atoms with Gasteiger partial charge in [-0.1, -0.05) is 30.3 Å². The first-order valence-corrected chi connectivity index (χ1v) is 9.60. The maximum Gasteiger partial charge on any atom is 0.258 e. The van der Waals surface area contributed by atoms with E-state index < -0.39 is 0 Å². The molecular weight excluding hydrogens is 392 g/mol. The Morgan fingerprint density at radius 2 is 1.48 bits per heavy atom. The molecule has 0 unspecified atom stereocenters. The topological polar surface area (TPSA) is 85.2 Å². The summed E-state index contributed by atoms with van der Waals surface area (Å²) in [6.45, 7) is 0. The van der Waals surface area contributed by atoms with E-state index in [0.717, 1.165) is 5.69 Å². The van der Waals surface area contributed by atoms with Gasteiger partial charge in [0.05, 0.1) is 30.2 Å². The monoisotopic (exact) mass is 412 g/mol. The van der Waals surface area contributed by atoms with Crippen LogP contribution in [0.25, 0.3) is 5.69 Å². The number of anilines is 2. The van der Waals surface area contributed by atoms with Crippen molar-refractivity contribution in [2.75, 3.05) is 17.7 Å². The second kappa shape index (κ2) is 8.96. The zero-order valence-corrected chi connectivity index (χ0v) is 16.8. The van der Waals surface area contributed by atoms with Crippen LogP contribution in [-0.2, 0) is 0 Å². The van der Waals surface area contributed by atoms with E-state index in [1.54, 1.807) is 54.4 Å². The average molecular weight is 412 g/mol. The number of para-hydroxylation sites is 3. The van der Waals surface area contributed by atoms with Crippen LogP contribution < -0.4 is 15.4 Å². The number of ether oxygens (including phenoxy) is 1. The lowest BCUT2D eigenvalue weighted by molar-refractivity contribution is 0.101. The molecule has 0 saturated heterocycles. The predicted molar refractivity (Wildman–Crippen MR) is 119 cm³/mol. The van der Waals surface area contributed by atoms with Gasteiger partial charge >= 0.3 is 0 Å². The van der Waals surface area contributed by atoms with Crippen LogP contribution in [0.3, 0.4) is 0 Å². The number of rotatable bonds is 6. The molecule has 2 N–H and O–H groups in total. The first-order chi connectivity index (χ1) is 15.1. The highest BCUT2D eigenvalue weighted by Gasteiger charge is 2.12. The van der Waals surface area contributed by atoms with Crippen molar-refractivity contribution in [3.8, 4) is 11.4 Å². The van der Waals surface area contributed by atoms with E-state index in [1.165, 1.54) is 6.20 Å². The number of carbonyl (C=O) groups is 2. The van der Waals surface area contributed by atoms with Crippen LogP contribution in [0.5, 0.6) is 5.75 Å². The molecular formula is C24H20N4O3. The molecule has 2 amide bonds. The molecule has 0 radical (unpaired) electrons. The molecule has 0 aliphatic heterocycles. The Morgan fingerprint density at radius 1 is 0.806 bits per heavy atom. The van der Waals surface area contributed by atoms with Crippen molar-refractivity contribution >= 4 is 23.2 Å². The predicted octanol–water partition coefficient (Wildman–Crippen LogP) is 4.39. The summed E-state index contributed by atoms with van der Waals surface area (Å²) in [4.78, 5) is 25.0. The van der Waals surface area contributed by atoms with Crippen molar-refractivity contribution in [3.63, 3.8) is 0 Å². The first-order valence-electron chi connectivity index (χ1n) is 9.60. The normalized spacial score (nSPS) is 10.4. The van der Waals surface area contributed by atoms with Gasteiger partial charge in [-0.2, -0.15) is 5.10 Å². The van der Waals surface area contributed by atoms with Crippen LogP contribution in [0, 0.1) is 0 Å². The highest BCUT2D eigenvalue weighted by Crippen LogP contribution is 2.24. The van der Waals surface area contributed by atoms with Crippen molar-refractivity contribution in [3.05, 3.63) is 102 Å². The fourth-order valence-corrected chi connectivity index (χ4v) is 3.01. The highest BCUT2D eigenvalue weighted by atomic mass is 16.5. The molecule has 0 spiro atoms. The van der Waals surface area contributed by atoms with Crippen LogP contribution in [0.15, 0.2) is 91.3 Å². The third-order valence-electron chi connectivity index (χ3n) is 4.63. The average Bonchev–Trinajstić information content (AvgIpc) is 3.31. The highest BCUT2D eigenvalue weighted by molar-refractivity contribution is 6.06. The Morgan fingerprint density at radius 3 is 2.23 bits per heavy atom. The summed E-state index contributed by atoms with van der Waals surface area (Å²) in [5.41, 5.74) is 2.92. The van der Waals surface area contributed by atoms with Crippen molar-refractivity contribution in [1.82, 2.24) is 9.78 Å². The van der Waals surface area contributed by atoms with E-state index in [9.17, 15) is 9.59 Å². The quantitative estimate of drug-likeness (QED) is 0.492. The molecule has 0 saturated carbocycles. The van der Waals surface area contributed by atoms with E-state index in [0.29, 0.717) is 28.3 Å². The molecule has 0 fully saturated rings. The van der Waals surface area contributed by atoms with E-state index in [2.05, 4.69) is 15.7 Å². The van der Waals surface area contributed by atoms with Crippen molar-refractivity contribution in [2.45, 2.75) is 0 Å². The fraction of sp³-hybridized carbons (Fsp3) is 0.0417. The summed E-state index contributed by atoms with van der Waals surface area (Å²) in [6.07, 6.45) is 3.18. The Labute approximate surface area is 179 Å². The molecule has 7 nitrogen and oxygen atoms in total. The zero-order chi connectivity index (χ0) is 21.6.